The minimum absolute atomic E-state index is 0.0213. The number of amides is 1. The summed E-state index contributed by atoms with van der Waals surface area (Å²) < 4.78 is 75.4. The number of hydrogen-bond donors (Lipinski definition) is 2. The predicted octanol–water partition coefficient (Wildman–Crippen LogP) is 3.50. The Bertz CT molecular complexity index is 1110. The van der Waals surface area contributed by atoms with Crippen LogP contribution in [0.5, 0.6) is 5.88 Å². The molecule has 16 heteroatoms. The molecule has 2 aromatic rings. The molecule has 3 atom stereocenters. The second-order valence-corrected chi connectivity index (χ2v) is 8.16. The number of carboxylic acid groups (broad SMARTS) is 2. The molecule has 0 spiro atoms. The predicted molar refractivity (Wildman–Crippen MR) is 119 cm³/mol. The highest BCUT2D eigenvalue weighted by Crippen LogP contribution is 2.33. The van der Waals surface area contributed by atoms with Gasteiger partial charge in [-0.15, -0.1) is 0 Å². The van der Waals surface area contributed by atoms with Gasteiger partial charge < -0.3 is 24.6 Å². The Morgan fingerprint density at radius 1 is 1.03 bits per heavy atom. The zero-order valence-corrected chi connectivity index (χ0v) is 20.1. The van der Waals surface area contributed by atoms with Crippen molar-refractivity contribution < 1.29 is 60.4 Å². The van der Waals surface area contributed by atoms with Gasteiger partial charge in [0.15, 0.2) is 0 Å². The number of carbonyl (C=O) groups is 3. The van der Waals surface area contributed by atoms with E-state index in [1.54, 1.807) is 18.6 Å². The number of halogens is 6. The van der Waals surface area contributed by atoms with Crippen LogP contribution in [-0.2, 0) is 14.3 Å². The van der Waals surface area contributed by atoms with Crippen LogP contribution in [0.4, 0.5) is 26.3 Å². The fourth-order valence-corrected chi connectivity index (χ4v) is 3.70. The van der Waals surface area contributed by atoms with Crippen molar-refractivity contribution in [1.29, 1.82) is 0 Å². The number of morpholine rings is 1. The molecule has 1 saturated carbocycles. The number of fused-ring (bicyclic) bond motifs is 1. The van der Waals surface area contributed by atoms with E-state index in [2.05, 4.69) is 9.97 Å². The molecule has 0 bridgehead atoms. The fraction of sp³-hybridized carbons (Fsp3) is 0.435. The monoisotopic (exact) mass is 567 g/mol. The first kappa shape index (κ1) is 31.3. The Morgan fingerprint density at radius 2 is 1.64 bits per heavy atom. The summed E-state index contributed by atoms with van der Waals surface area (Å²) in [6, 6.07) is 7.53. The average molecular weight is 567 g/mol. The standard InChI is InChI=1S/C19H21N3O3.2C2HF3O2/c1-13-10-14(12-20-11-13)19(23)22-8-9-24-18-15(22)5-6-16(18)25-17-4-2-3-7-21-17;2*3-2(4,5)1(6)7/h2-4,7,10-12,15-16,18H,5-6,8-9H2,1H3;2*(H,6,7)/t15-,16-,18+;;/m0../s1. The molecule has 2 aliphatic rings. The normalized spacial score (nSPS) is 20.4. The van der Waals surface area contributed by atoms with Crippen molar-refractivity contribution in [3.8, 4) is 5.88 Å². The van der Waals surface area contributed by atoms with Crippen LogP contribution >= 0.6 is 0 Å². The Balaban J connectivity index is 0.000000317. The third kappa shape index (κ3) is 9.38. The van der Waals surface area contributed by atoms with Gasteiger partial charge in [-0.1, -0.05) is 6.07 Å². The Kier molecular flexibility index (Phi) is 10.6. The highest BCUT2D eigenvalue weighted by molar-refractivity contribution is 5.94. The molecule has 2 fully saturated rings. The first-order valence-electron chi connectivity index (χ1n) is 11.1. The highest BCUT2D eigenvalue weighted by Gasteiger charge is 2.46. The number of hydrogen-bond acceptors (Lipinski definition) is 7. The molecule has 2 aromatic heterocycles. The highest BCUT2D eigenvalue weighted by atomic mass is 19.4. The van der Waals surface area contributed by atoms with Gasteiger partial charge in [0.1, 0.15) is 12.2 Å². The number of carbonyl (C=O) groups excluding carboxylic acids is 1. The molecule has 3 heterocycles. The quantitative estimate of drug-likeness (QED) is 0.534. The molecule has 39 heavy (non-hydrogen) atoms. The van der Waals surface area contributed by atoms with Crippen LogP contribution in [0, 0.1) is 6.92 Å². The van der Waals surface area contributed by atoms with E-state index in [1.165, 1.54) is 0 Å². The second kappa shape index (κ2) is 13.2. The van der Waals surface area contributed by atoms with Gasteiger partial charge in [0.25, 0.3) is 5.91 Å². The summed E-state index contributed by atoms with van der Waals surface area (Å²) in [5.74, 6) is -4.89. The molecule has 1 amide bonds. The molecule has 4 rings (SSSR count). The van der Waals surface area contributed by atoms with E-state index < -0.39 is 24.3 Å². The lowest BCUT2D eigenvalue weighted by Gasteiger charge is -2.39. The van der Waals surface area contributed by atoms with Crippen molar-refractivity contribution in [3.05, 3.63) is 54.0 Å². The third-order valence-electron chi connectivity index (χ3n) is 5.31. The van der Waals surface area contributed by atoms with Crippen LogP contribution in [0.2, 0.25) is 0 Å². The zero-order chi connectivity index (χ0) is 29.4. The van der Waals surface area contributed by atoms with Crippen molar-refractivity contribution in [2.45, 2.75) is 50.4 Å². The first-order chi connectivity index (χ1) is 18.1. The van der Waals surface area contributed by atoms with Gasteiger partial charge in [0.05, 0.1) is 18.2 Å². The van der Waals surface area contributed by atoms with Gasteiger partial charge in [-0.3, -0.25) is 9.78 Å². The average Bonchev–Trinajstić information content (AvgIpc) is 3.26. The maximum absolute atomic E-state index is 12.9. The van der Waals surface area contributed by atoms with Crippen LogP contribution in [0.1, 0.15) is 28.8 Å². The number of aliphatic carboxylic acids is 2. The van der Waals surface area contributed by atoms with E-state index >= 15 is 0 Å². The molecule has 0 unspecified atom stereocenters. The van der Waals surface area contributed by atoms with E-state index in [0.29, 0.717) is 24.6 Å². The van der Waals surface area contributed by atoms with Gasteiger partial charge >= 0.3 is 24.3 Å². The summed E-state index contributed by atoms with van der Waals surface area (Å²) in [5, 5.41) is 14.2. The van der Waals surface area contributed by atoms with Crippen molar-refractivity contribution in [2.24, 2.45) is 0 Å². The van der Waals surface area contributed by atoms with Crippen molar-refractivity contribution >= 4 is 17.8 Å². The number of aromatic nitrogens is 2. The van der Waals surface area contributed by atoms with E-state index in [1.807, 2.05) is 36.1 Å². The minimum Gasteiger partial charge on any atom is -0.475 e. The van der Waals surface area contributed by atoms with Gasteiger partial charge in [0, 0.05) is 31.2 Å². The Hall–Kier alpha value is -3.95. The molecule has 1 aliphatic heterocycles. The Morgan fingerprint density at radius 3 is 2.15 bits per heavy atom. The fourth-order valence-electron chi connectivity index (χ4n) is 3.70. The van der Waals surface area contributed by atoms with Crippen molar-refractivity contribution in [3.63, 3.8) is 0 Å². The van der Waals surface area contributed by atoms with E-state index in [0.717, 1.165) is 18.4 Å². The van der Waals surface area contributed by atoms with E-state index in [9.17, 15) is 31.1 Å². The number of aryl methyl sites for hydroxylation is 1. The lowest BCUT2D eigenvalue weighted by Crippen LogP contribution is -2.54. The van der Waals surface area contributed by atoms with Crippen LogP contribution in [0.3, 0.4) is 0 Å². The maximum atomic E-state index is 12.9. The molecule has 214 valence electrons. The van der Waals surface area contributed by atoms with Crippen LogP contribution in [0.25, 0.3) is 0 Å². The summed E-state index contributed by atoms with van der Waals surface area (Å²) in [7, 11) is 0. The van der Waals surface area contributed by atoms with E-state index in [-0.39, 0.29) is 24.2 Å². The van der Waals surface area contributed by atoms with Gasteiger partial charge in [-0.2, -0.15) is 26.3 Å². The van der Waals surface area contributed by atoms with Gasteiger partial charge in [-0.25, -0.2) is 14.6 Å². The summed E-state index contributed by atoms with van der Waals surface area (Å²) in [5.41, 5.74) is 1.62. The summed E-state index contributed by atoms with van der Waals surface area (Å²) >= 11 is 0. The third-order valence-corrected chi connectivity index (χ3v) is 5.31. The molecule has 1 aliphatic carbocycles. The molecule has 0 radical (unpaired) electrons. The molecule has 1 saturated heterocycles. The summed E-state index contributed by atoms with van der Waals surface area (Å²) in [4.78, 5) is 41.0. The number of pyridine rings is 2. The van der Waals surface area contributed by atoms with E-state index in [4.69, 9.17) is 29.3 Å². The number of ether oxygens (including phenoxy) is 2. The molecule has 2 N–H and O–H groups in total. The largest absolute Gasteiger partial charge is 0.490 e. The maximum Gasteiger partial charge on any atom is 0.490 e. The summed E-state index contributed by atoms with van der Waals surface area (Å²) in [6.45, 7) is 3.07. The van der Waals surface area contributed by atoms with Crippen LogP contribution in [-0.4, -0.2) is 86.7 Å². The zero-order valence-electron chi connectivity index (χ0n) is 20.1. The number of rotatable bonds is 3. The van der Waals surface area contributed by atoms with Gasteiger partial charge in [0.2, 0.25) is 5.88 Å². The van der Waals surface area contributed by atoms with Crippen molar-refractivity contribution in [1.82, 2.24) is 14.9 Å². The topological polar surface area (TPSA) is 139 Å². The van der Waals surface area contributed by atoms with Crippen LogP contribution < -0.4 is 4.74 Å². The lowest BCUT2D eigenvalue weighted by atomic mass is 10.1. The molecular formula is C23H23F6N3O7. The first-order valence-corrected chi connectivity index (χ1v) is 11.1. The molecular weight excluding hydrogens is 544 g/mol. The van der Waals surface area contributed by atoms with Crippen LogP contribution in [0.15, 0.2) is 42.9 Å². The van der Waals surface area contributed by atoms with Gasteiger partial charge in [-0.05, 0) is 37.5 Å². The Labute approximate surface area is 217 Å². The number of carboxylic acids is 2. The lowest BCUT2D eigenvalue weighted by molar-refractivity contribution is -0.193. The minimum atomic E-state index is -5.08. The number of alkyl halides is 6. The second-order valence-electron chi connectivity index (χ2n) is 8.16. The summed E-state index contributed by atoms with van der Waals surface area (Å²) in [6.07, 6.45) is -3.54. The molecule has 0 aromatic carbocycles. The smallest absolute Gasteiger partial charge is 0.475 e. The molecule has 10 nitrogen and oxygen atoms in total. The SMILES string of the molecule is Cc1cncc(C(=O)N2CCO[C@H]3[C@@H](Oc4ccccn4)CC[C@@H]32)c1.O=C(O)C(F)(F)F.O=C(O)C(F)(F)F. The van der Waals surface area contributed by atoms with Crippen molar-refractivity contribution in [2.75, 3.05) is 13.2 Å². The number of nitrogens with zero attached hydrogens (tertiary/aromatic N) is 3.